The van der Waals surface area contributed by atoms with Crippen molar-refractivity contribution >= 4 is 11.9 Å². The van der Waals surface area contributed by atoms with E-state index in [0.717, 1.165) is 22.3 Å². The minimum absolute atomic E-state index is 0.155. The highest BCUT2D eigenvalue weighted by molar-refractivity contribution is 5.98. The van der Waals surface area contributed by atoms with Gasteiger partial charge in [-0.3, -0.25) is 15.0 Å². The number of aryl methyl sites for hydroxylation is 2. The first-order chi connectivity index (χ1) is 15.8. The second-order valence-corrected chi connectivity index (χ2v) is 8.23. The number of imide groups is 1. The van der Waals surface area contributed by atoms with E-state index in [-0.39, 0.29) is 19.9 Å². The van der Waals surface area contributed by atoms with Crippen LogP contribution < -0.4 is 5.32 Å². The van der Waals surface area contributed by atoms with Gasteiger partial charge in [0.25, 0.3) is 0 Å². The van der Waals surface area contributed by atoms with Gasteiger partial charge in [0, 0.05) is 5.56 Å². The third-order valence-electron chi connectivity index (χ3n) is 5.67. The Morgan fingerprint density at radius 2 is 1.82 bits per heavy atom. The zero-order chi connectivity index (χ0) is 24.0. The van der Waals surface area contributed by atoms with Gasteiger partial charge in [-0.1, -0.05) is 60.2 Å². The molecule has 7 heteroatoms. The number of benzene rings is 2. The van der Waals surface area contributed by atoms with Crippen LogP contribution in [0.3, 0.4) is 0 Å². The number of amides is 3. The molecule has 0 spiro atoms. The lowest BCUT2D eigenvalue weighted by molar-refractivity contribution is -0.132. The lowest BCUT2D eigenvalue weighted by Gasteiger charge is -2.41. The zero-order valence-corrected chi connectivity index (χ0v) is 19.1. The fourth-order valence-electron chi connectivity index (χ4n) is 4.17. The molecule has 33 heavy (non-hydrogen) atoms. The first-order valence-corrected chi connectivity index (χ1v) is 10.9. The Bertz CT molecular complexity index is 1040. The molecule has 3 atom stereocenters. The number of hydrogen-bond acceptors (Lipinski definition) is 4. The first kappa shape index (κ1) is 24.4. The molecule has 0 aliphatic carbocycles. The van der Waals surface area contributed by atoms with Crippen molar-refractivity contribution in [2.24, 2.45) is 5.92 Å². The summed E-state index contributed by atoms with van der Waals surface area (Å²) in [6.07, 6.45) is -1.14. The molecule has 0 radical (unpaired) electrons. The molecule has 1 aliphatic heterocycles. The van der Waals surface area contributed by atoms with E-state index in [2.05, 4.69) is 17.2 Å². The van der Waals surface area contributed by atoms with Crippen LogP contribution in [0.2, 0.25) is 0 Å². The van der Waals surface area contributed by atoms with Gasteiger partial charge in [-0.2, -0.15) is 0 Å². The van der Waals surface area contributed by atoms with Crippen LogP contribution in [0.5, 0.6) is 0 Å². The predicted molar refractivity (Wildman–Crippen MR) is 123 cm³/mol. The highest BCUT2D eigenvalue weighted by atomic mass is 19.1. The minimum atomic E-state index is -1.53. The maximum Gasteiger partial charge on any atom is 0.326 e. The van der Waals surface area contributed by atoms with Crippen LogP contribution in [0.25, 0.3) is 0 Å². The molecule has 1 fully saturated rings. The fraction of sp³-hybridized carbons (Fsp3) is 0.385. The number of carbonyl (C=O) groups excluding carboxylic acids is 2. The van der Waals surface area contributed by atoms with Crippen LogP contribution in [0.15, 0.2) is 42.5 Å². The number of rotatable bonds is 7. The van der Waals surface area contributed by atoms with Crippen molar-refractivity contribution in [1.29, 1.82) is 0 Å². The number of halogens is 1. The molecule has 2 aromatic rings. The molecule has 0 bridgehead atoms. The highest BCUT2D eigenvalue weighted by Crippen LogP contribution is 2.35. The zero-order valence-electron chi connectivity index (χ0n) is 19.1. The van der Waals surface area contributed by atoms with Crippen LogP contribution in [0.1, 0.15) is 47.3 Å². The molecular weight excluding hydrogens is 423 g/mol. The Labute approximate surface area is 193 Å². The molecule has 3 rings (SSSR count). The number of aliphatic hydroxyl groups excluding tert-OH is 1. The average Bonchev–Trinajstić information content (AvgIpc) is 2.78. The standard InChI is InChI=1S/C26H29FN2O4/c1-4-22-24(23(27)21-13-17(2)12-18(3)14-21)29(26(32)28-25(22)31)16-33-15-20-9-7-19(8-10-20)6-5-11-30/h7-10,12-14,22-24,30H,4,11,15-16H2,1-3H3,(H,28,31,32). The third-order valence-corrected chi connectivity index (χ3v) is 5.67. The first-order valence-electron chi connectivity index (χ1n) is 10.9. The summed E-state index contributed by atoms with van der Waals surface area (Å²) in [5.74, 6) is 4.25. The highest BCUT2D eigenvalue weighted by Gasteiger charge is 2.45. The number of nitrogens with one attached hydrogen (secondary N) is 1. The molecule has 2 aromatic carbocycles. The summed E-state index contributed by atoms with van der Waals surface area (Å²) in [5.41, 5.74) is 3.90. The van der Waals surface area contributed by atoms with E-state index < -0.39 is 30.1 Å². The van der Waals surface area contributed by atoms with E-state index in [1.165, 1.54) is 4.90 Å². The third kappa shape index (κ3) is 5.98. The molecule has 174 valence electrons. The number of hydrogen-bond donors (Lipinski definition) is 2. The normalized spacial score (nSPS) is 19.0. The van der Waals surface area contributed by atoms with Crippen molar-refractivity contribution in [1.82, 2.24) is 10.2 Å². The monoisotopic (exact) mass is 452 g/mol. The Balaban J connectivity index is 1.77. The summed E-state index contributed by atoms with van der Waals surface area (Å²) in [6, 6.07) is 11.1. The molecule has 1 aliphatic rings. The predicted octanol–water partition coefficient (Wildman–Crippen LogP) is 3.78. The van der Waals surface area contributed by atoms with E-state index in [1.54, 1.807) is 24.3 Å². The lowest BCUT2D eigenvalue weighted by Crippen LogP contribution is -2.61. The van der Waals surface area contributed by atoms with E-state index in [0.29, 0.717) is 12.0 Å². The summed E-state index contributed by atoms with van der Waals surface area (Å²) in [4.78, 5) is 26.4. The quantitative estimate of drug-likeness (QED) is 0.627. The molecule has 1 heterocycles. The van der Waals surface area contributed by atoms with Gasteiger partial charge in [-0.25, -0.2) is 9.18 Å². The van der Waals surface area contributed by atoms with E-state index >= 15 is 4.39 Å². The van der Waals surface area contributed by atoms with Crippen LogP contribution in [-0.2, 0) is 16.1 Å². The van der Waals surface area contributed by atoms with E-state index in [4.69, 9.17) is 9.84 Å². The van der Waals surface area contributed by atoms with Gasteiger partial charge in [0.15, 0.2) is 0 Å². The molecule has 1 saturated heterocycles. The van der Waals surface area contributed by atoms with Crippen molar-refractivity contribution < 1.29 is 23.8 Å². The average molecular weight is 453 g/mol. The van der Waals surface area contributed by atoms with Crippen LogP contribution in [-0.4, -0.2) is 41.3 Å². The molecule has 2 N–H and O–H groups in total. The maximum absolute atomic E-state index is 15.9. The fourth-order valence-corrected chi connectivity index (χ4v) is 4.17. The lowest BCUT2D eigenvalue weighted by atomic mass is 9.86. The van der Waals surface area contributed by atoms with Gasteiger partial charge in [-0.15, -0.1) is 0 Å². The Kier molecular flexibility index (Phi) is 8.21. The van der Waals surface area contributed by atoms with Crippen molar-refractivity contribution in [2.75, 3.05) is 13.3 Å². The number of aliphatic hydroxyl groups is 1. The van der Waals surface area contributed by atoms with Crippen molar-refractivity contribution in [3.63, 3.8) is 0 Å². The second-order valence-electron chi connectivity index (χ2n) is 8.23. The van der Waals surface area contributed by atoms with E-state index in [9.17, 15) is 9.59 Å². The van der Waals surface area contributed by atoms with Crippen LogP contribution in [0, 0.1) is 31.6 Å². The number of ether oxygens (including phenoxy) is 1. The maximum atomic E-state index is 15.9. The van der Waals surface area contributed by atoms with Gasteiger partial charge in [-0.05, 0) is 43.5 Å². The van der Waals surface area contributed by atoms with Gasteiger partial charge >= 0.3 is 6.03 Å². The summed E-state index contributed by atoms with van der Waals surface area (Å²) < 4.78 is 21.6. The minimum Gasteiger partial charge on any atom is -0.384 e. The molecule has 0 aromatic heterocycles. The summed E-state index contributed by atoms with van der Waals surface area (Å²) in [7, 11) is 0. The topological polar surface area (TPSA) is 78.9 Å². The van der Waals surface area contributed by atoms with Crippen molar-refractivity contribution in [3.8, 4) is 11.8 Å². The Morgan fingerprint density at radius 3 is 2.42 bits per heavy atom. The smallest absolute Gasteiger partial charge is 0.326 e. The molecule has 3 amide bonds. The van der Waals surface area contributed by atoms with Crippen LogP contribution >= 0.6 is 0 Å². The Morgan fingerprint density at radius 1 is 1.15 bits per heavy atom. The SMILES string of the molecule is CCC1C(=O)NC(=O)N(COCc2ccc(C#CCO)cc2)C1C(F)c1cc(C)cc(C)c1. The molecule has 3 unspecified atom stereocenters. The Hall–Kier alpha value is -3.21. The summed E-state index contributed by atoms with van der Waals surface area (Å²) in [6.45, 7) is 5.43. The summed E-state index contributed by atoms with van der Waals surface area (Å²) >= 11 is 0. The molecule has 0 saturated carbocycles. The number of urea groups is 1. The van der Waals surface area contributed by atoms with E-state index in [1.807, 2.05) is 39.0 Å². The molecular formula is C26H29FN2O4. The number of alkyl halides is 1. The van der Waals surface area contributed by atoms with Gasteiger partial charge in [0.1, 0.15) is 19.5 Å². The van der Waals surface area contributed by atoms with Crippen LogP contribution in [0.4, 0.5) is 9.18 Å². The molecule has 6 nitrogen and oxygen atoms in total. The largest absolute Gasteiger partial charge is 0.384 e. The number of nitrogens with zero attached hydrogens (tertiary/aromatic N) is 1. The van der Waals surface area contributed by atoms with Gasteiger partial charge in [0.05, 0.1) is 18.6 Å². The van der Waals surface area contributed by atoms with Gasteiger partial charge in [0.2, 0.25) is 5.91 Å². The van der Waals surface area contributed by atoms with Crippen molar-refractivity contribution in [3.05, 3.63) is 70.3 Å². The number of carbonyl (C=O) groups is 2. The second kappa shape index (κ2) is 11.1. The van der Waals surface area contributed by atoms with Crippen molar-refractivity contribution in [2.45, 2.75) is 46.0 Å². The van der Waals surface area contributed by atoms with Gasteiger partial charge < -0.3 is 9.84 Å². The summed E-state index contributed by atoms with van der Waals surface area (Å²) in [5, 5.41) is 11.1.